The van der Waals surface area contributed by atoms with Crippen LogP contribution in [0.15, 0.2) is 48.5 Å². The van der Waals surface area contributed by atoms with E-state index in [-0.39, 0.29) is 16.7 Å². The predicted octanol–water partition coefficient (Wildman–Crippen LogP) is 3.39. The molecule has 6 heteroatoms. The monoisotopic (exact) mass is 341 g/mol. The molecule has 0 aromatic heterocycles. The molecule has 1 unspecified atom stereocenters. The first-order valence-corrected chi connectivity index (χ1v) is 8.50. The van der Waals surface area contributed by atoms with Gasteiger partial charge in [0.15, 0.2) is 0 Å². The van der Waals surface area contributed by atoms with Crippen molar-refractivity contribution in [2.24, 2.45) is 0 Å². The van der Waals surface area contributed by atoms with Crippen molar-refractivity contribution in [3.8, 4) is 0 Å². The minimum Gasteiger partial charge on any atom is -0.383 e. The Labute approximate surface area is 147 Å². The van der Waals surface area contributed by atoms with Gasteiger partial charge in [-0.25, -0.2) is 0 Å². The lowest BCUT2D eigenvalue weighted by Gasteiger charge is -2.35. The lowest BCUT2D eigenvalue weighted by Crippen LogP contribution is -2.41. The molecule has 0 amide bonds. The fourth-order valence-corrected chi connectivity index (χ4v) is 3.05. The zero-order valence-electron chi connectivity index (χ0n) is 14.4. The first-order chi connectivity index (χ1) is 12.1. The number of nitrogens with one attached hydrogen (secondary N) is 1. The summed E-state index contributed by atoms with van der Waals surface area (Å²) in [6, 6.07) is 15.4. The molecule has 1 aliphatic heterocycles. The van der Waals surface area contributed by atoms with Crippen molar-refractivity contribution in [3.05, 3.63) is 69.8 Å². The number of rotatable bonds is 6. The Hall–Kier alpha value is -2.44. The molecule has 2 aromatic carbocycles. The van der Waals surface area contributed by atoms with Gasteiger partial charge in [0.1, 0.15) is 0 Å². The summed E-state index contributed by atoms with van der Waals surface area (Å²) in [6.45, 7) is 6.13. The fourth-order valence-electron chi connectivity index (χ4n) is 3.05. The van der Waals surface area contributed by atoms with Gasteiger partial charge in [-0.05, 0) is 24.6 Å². The number of aryl methyl sites for hydroxylation is 1. The molecule has 1 N–H and O–H groups in total. The largest absolute Gasteiger partial charge is 0.383 e. The maximum atomic E-state index is 10.8. The standard InChI is InChI=1S/C19H23N3O3/c1-15-2-4-16(5-3-15)19(21-10-12-25-13-11-21)14-20-17-6-8-18(9-7-17)22(23)24/h2-9,19-20H,10-14H2,1H3. The van der Waals surface area contributed by atoms with Gasteiger partial charge in [0.2, 0.25) is 0 Å². The first kappa shape index (κ1) is 17.4. The Balaban J connectivity index is 1.72. The maximum Gasteiger partial charge on any atom is 0.269 e. The summed E-state index contributed by atoms with van der Waals surface area (Å²) < 4.78 is 5.48. The second kappa shape index (κ2) is 8.09. The van der Waals surface area contributed by atoms with Crippen molar-refractivity contribution in [1.29, 1.82) is 0 Å². The minimum absolute atomic E-state index is 0.105. The van der Waals surface area contributed by atoms with Crippen molar-refractivity contribution >= 4 is 11.4 Å². The van der Waals surface area contributed by atoms with E-state index in [1.165, 1.54) is 23.3 Å². The molecule has 0 spiro atoms. The summed E-state index contributed by atoms with van der Waals surface area (Å²) in [5.74, 6) is 0. The molecule has 1 saturated heterocycles. The molecule has 0 radical (unpaired) electrons. The van der Waals surface area contributed by atoms with Crippen molar-refractivity contribution in [1.82, 2.24) is 4.90 Å². The van der Waals surface area contributed by atoms with E-state index in [2.05, 4.69) is 41.4 Å². The smallest absolute Gasteiger partial charge is 0.269 e. The van der Waals surface area contributed by atoms with E-state index in [4.69, 9.17) is 4.74 Å². The number of anilines is 1. The summed E-state index contributed by atoms with van der Waals surface area (Å²) in [4.78, 5) is 12.8. The molecular weight excluding hydrogens is 318 g/mol. The number of nitro groups is 1. The van der Waals surface area contributed by atoms with E-state index < -0.39 is 0 Å². The number of morpholine rings is 1. The predicted molar refractivity (Wildman–Crippen MR) is 97.9 cm³/mol. The number of hydrogen-bond acceptors (Lipinski definition) is 5. The zero-order chi connectivity index (χ0) is 17.6. The second-order valence-electron chi connectivity index (χ2n) is 6.26. The first-order valence-electron chi connectivity index (χ1n) is 8.50. The summed E-state index contributed by atoms with van der Waals surface area (Å²) in [7, 11) is 0. The van der Waals surface area contributed by atoms with Gasteiger partial charge in [0.25, 0.3) is 5.69 Å². The van der Waals surface area contributed by atoms with Crippen molar-refractivity contribution in [2.75, 3.05) is 38.2 Å². The molecule has 6 nitrogen and oxygen atoms in total. The summed E-state index contributed by atoms with van der Waals surface area (Å²) >= 11 is 0. The third-order valence-corrected chi connectivity index (χ3v) is 4.53. The quantitative estimate of drug-likeness (QED) is 0.644. The third kappa shape index (κ3) is 4.55. The van der Waals surface area contributed by atoms with Crippen molar-refractivity contribution in [3.63, 3.8) is 0 Å². The SMILES string of the molecule is Cc1ccc(C(CNc2ccc([N+](=O)[O-])cc2)N2CCOCC2)cc1. The zero-order valence-corrected chi connectivity index (χ0v) is 14.4. The van der Waals surface area contributed by atoms with Gasteiger partial charge in [-0.2, -0.15) is 0 Å². The van der Waals surface area contributed by atoms with Gasteiger partial charge >= 0.3 is 0 Å². The Bertz CT molecular complexity index is 695. The molecule has 0 bridgehead atoms. The van der Waals surface area contributed by atoms with Crippen LogP contribution >= 0.6 is 0 Å². The highest BCUT2D eigenvalue weighted by atomic mass is 16.6. The summed E-state index contributed by atoms with van der Waals surface area (Å²) in [6.07, 6.45) is 0. The lowest BCUT2D eigenvalue weighted by molar-refractivity contribution is -0.384. The fraction of sp³-hybridized carbons (Fsp3) is 0.368. The van der Waals surface area contributed by atoms with Gasteiger partial charge in [-0.1, -0.05) is 29.8 Å². The highest BCUT2D eigenvalue weighted by Crippen LogP contribution is 2.24. The third-order valence-electron chi connectivity index (χ3n) is 4.53. The Morgan fingerprint density at radius 2 is 1.76 bits per heavy atom. The second-order valence-corrected chi connectivity index (χ2v) is 6.26. The highest BCUT2D eigenvalue weighted by Gasteiger charge is 2.22. The van der Waals surface area contributed by atoms with Gasteiger partial charge in [-0.3, -0.25) is 15.0 Å². The molecule has 1 atom stereocenters. The van der Waals surface area contributed by atoms with Gasteiger partial charge in [0.05, 0.1) is 24.2 Å². The average Bonchev–Trinajstić information content (AvgIpc) is 2.64. The van der Waals surface area contributed by atoms with E-state index >= 15 is 0 Å². The number of benzene rings is 2. The Morgan fingerprint density at radius 1 is 1.12 bits per heavy atom. The summed E-state index contributed by atoms with van der Waals surface area (Å²) in [5, 5.41) is 14.2. The molecule has 1 heterocycles. The van der Waals surface area contributed by atoms with Crippen LogP contribution in [0.4, 0.5) is 11.4 Å². The van der Waals surface area contributed by atoms with E-state index in [9.17, 15) is 10.1 Å². The molecule has 25 heavy (non-hydrogen) atoms. The molecule has 3 rings (SSSR count). The van der Waals surface area contributed by atoms with E-state index in [1.54, 1.807) is 12.1 Å². The van der Waals surface area contributed by atoms with Crippen LogP contribution in [0.3, 0.4) is 0 Å². The van der Waals surface area contributed by atoms with Crippen LogP contribution in [0.2, 0.25) is 0 Å². The van der Waals surface area contributed by atoms with Crippen molar-refractivity contribution < 1.29 is 9.66 Å². The molecule has 2 aromatic rings. The molecular formula is C19H23N3O3. The van der Waals surface area contributed by atoms with Crippen LogP contribution in [0, 0.1) is 17.0 Å². The highest BCUT2D eigenvalue weighted by molar-refractivity contribution is 5.48. The van der Waals surface area contributed by atoms with Crippen LogP contribution in [0.1, 0.15) is 17.2 Å². The van der Waals surface area contributed by atoms with Gasteiger partial charge < -0.3 is 10.1 Å². The maximum absolute atomic E-state index is 10.8. The average molecular weight is 341 g/mol. The number of ether oxygens (including phenoxy) is 1. The topological polar surface area (TPSA) is 67.6 Å². The molecule has 0 aliphatic carbocycles. The molecule has 1 aliphatic rings. The van der Waals surface area contributed by atoms with Crippen LogP contribution in [-0.4, -0.2) is 42.7 Å². The Kier molecular flexibility index (Phi) is 5.63. The van der Waals surface area contributed by atoms with Crippen LogP contribution in [-0.2, 0) is 4.74 Å². The lowest BCUT2D eigenvalue weighted by atomic mass is 10.0. The number of nitrogens with zero attached hydrogens (tertiary/aromatic N) is 2. The van der Waals surface area contributed by atoms with Crippen molar-refractivity contribution in [2.45, 2.75) is 13.0 Å². The Morgan fingerprint density at radius 3 is 2.36 bits per heavy atom. The van der Waals surface area contributed by atoms with Gasteiger partial charge in [0, 0.05) is 37.5 Å². The molecule has 1 fully saturated rings. The summed E-state index contributed by atoms with van der Waals surface area (Å²) in [5.41, 5.74) is 3.50. The normalized spacial score (nSPS) is 16.4. The number of non-ortho nitro benzene ring substituents is 1. The minimum atomic E-state index is -0.382. The van der Waals surface area contributed by atoms with Gasteiger partial charge in [-0.15, -0.1) is 0 Å². The molecule has 0 saturated carbocycles. The van der Waals surface area contributed by atoms with Crippen LogP contribution in [0.25, 0.3) is 0 Å². The van der Waals surface area contributed by atoms with E-state index in [0.717, 1.165) is 38.5 Å². The number of hydrogen-bond donors (Lipinski definition) is 1. The van der Waals surface area contributed by atoms with Crippen LogP contribution in [0.5, 0.6) is 0 Å². The van der Waals surface area contributed by atoms with Crippen LogP contribution < -0.4 is 5.32 Å². The van der Waals surface area contributed by atoms with E-state index in [1.807, 2.05) is 0 Å². The van der Waals surface area contributed by atoms with E-state index in [0.29, 0.717) is 0 Å². The number of nitro benzene ring substituents is 1. The molecule has 132 valence electrons.